The molecule has 18 heavy (non-hydrogen) atoms. The lowest BCUT2D eigenvalue weighted by molar-refractivity contribution is 1.29. The summed E-state index contributed by atoms with van der Waals surface area (Å²) in [4.78, 5) is 8.54. The Balaban J connectivity index is 2.30. The predicted octanol–water partition coefficient (Wildman–Crippen LogP) is 3.64. The molecule has 0 saturated carbocycles. The lowest BCUT2D eigenvalue weighted by Gasteiger charge is -2.08. The van der Waals surface area contributed by atoms with Crippen LogP contribution < -0.4 is 5.73 Å². The number of halogens is 1. The van der Waals surface area contributed by atoms with Crippen LogP contribution >= 0.6 is 15.9 Å². The Morgan fingerprint density at radius 1 is 1.00 bits per heavy atom. The second-order valence-electron chi connectivity index (χ2n) is 3.95. The lowest BCUT2D eigenvalue weighted by Crippen LogP contribution is -1.96. The molecule has 0 spiro atoms. The van der Waals surface area contributed by atoms with E-state index in [-0.39, 0.29) is 0 Å². The van der Waals surface area contributed by atoms with Crippen molar-refractivity contribution in [3.05, 3.63) is 53.1 Å². The second-order valence-corrected chi connectivity index (χ2v) is 4.81. The van der Waals surface area contributed by atoms with Crippen LogP contribution in [-0.2, 0) is 0 Å². The highest BCUT2D eigenvalue weighted by Crippen LogP contribution is 2.32. The van der Waals surface area contributed by atoms with Crippen LogP contribution in [0.4, 0.5) is 5.82 Å². The van der Waals surface area contributed by atoms with Crippen LogP contribution in [0, 0.1) is 0 Å². The minimum Gasteiger partial charge on any atom is -0.383 e. The van der Waals surface area contributed by atoms with Crippen molar-refractivity contribution in [3.8, 4) is 11.1 Å². The largest absolute Gasteiger partial charge is 0.383 e. The topological polar surface area (TPSA) is 51.8 Å². The summed E-state index contributed by atoms with van der Waals surface area (Å²) in [5.74, 6) is 0.494. The van der Waals surface area contributed by atoms with E-state index in [0.29, 0.717) is 11.5 Å². The van der Waals surface area contributed by atoms with E-state index < -0.39 is 0 Å². The first-order valence-corrected chi connectivity index (χ1v) is 6.31. The average molecular weight is 300 g/mol. The van der Waals surface area contributed by atoms with Gasteiger partial charge in [0.25, 0.3) is 0 Å². The number of benzene rings is 1. The third kappa shape index (κ3) is 1.84. The van der Waals surface area contributed by atoms with E-state index in [1.165, 1.54) is 0 Å². The summed E-state index contributed by atoms with van der Waals surface area (Å²) >= 11 is 3.53. The predicted molar refractivity (Wildman–Crippen MR) is 77.1 cm³/mol. The first-order chi connectivity index (χ1) is 8.75. The zero-order chi connectivity index (χ0) is 12.5. The molecule has 3 nitrogen and oxygen atoms in total. The quantitative estimate of drug-likeness (QED) is 0.746. The first kappa shape index (κ1) is 11.2. The third-order valence-corrected chi connectivity index (χ3v) is 3.47. The number of hydrogen-bond acceptors (Lipinski definition) is 3. The zero-order valence-electron chi connectivity index (χ0n) is 9.47. The summed E-state index contributed by atoms with van der Waals surface area (Å²) in [6.07, 6.45) is 1.72. The number of pyridine rings is 2. The molecule has 0 saturated heterocycles. The van der Waals surface area contributed by atoms with Crippen LogP contribution in [0.15, 0.2) is 53.1 Å². The van der Waals surface area contributed by atoms with Crippen molar-refractivity contribution in [2.45, 2.75) is 0 Å². The normalized spacial score (nSPS) is 10.7. The van der Waals surface area contributed by atoms with E-state index in [0.717, 1.165) is 21.0 Å². The molecule has 2 heterocycles. The number of rotatable bonds is 1. The first-order valence-electron chi connectivity index (χ1n) is 5.52. The summed E-state index contributed by atoms with van der Waals surface area (Å²) in [6, 6.07) is 13.8. The van der Waals surface area contributed by atoms with Crippen molar-refractivity contribution in [3.63, 3.8) is 0 Å². The molecule has 0 fully saturated rings. The van der Waals surface area contributed by atoms with E-state index >= 15 is 0 Å². The highest BCUT2D eigenvalue weighted by molar-refractivity contribution is 9.10. The number of aromatic nitrogens is 2. The summed E-state index contributed by atoms with van der Waals surface area (Å²) in [5, 5.41) is 0.984. The second kappa shape index (κ2) is 4.38. The molecule has 4 heteroatoms. The van der Waals surface area contributed by atoms with E-state index in [4.69, 9.17) is 5.73 Å². The molecule has 3 aromatic rings. The Morgan fingerprint density at radius 3 is 2.67 bits per heavy atom. The Hall–Kier alpha value is -1.94. The fourth-order valence-electron chi connectivity index (χ4n) is 1.91. The van der Waals surface area contributed by atoms with Gasteiger partial charge in [-0.15, -0.1) is 0 Å². The molecule has 0 aliphatic heterocycles. The van der Waals surface area contributed by atoms with E-state index in [1.54, 1.807) is 6.20 Å². The van der Waals surface area contributed by atoms with Gasteiger partial charge in [0.1, 0.15) is 5.82 Å². The van der Waals surface area contributed by atoms with Gasteiger partial charge in [-0.2, -0.15) is 0 Å². The number of anilines is 1. The minimum absolute atomic E-state index is 0.494. The maximum absolute atomic E-state index is 6.02. The van der Waals surface area contributed by atoms with Gasteiger partial charge in [-0.3, -0.25) is 0 Å². The summed E-state index contributed by atoms with van der Waals surface area (Å²) < 4.78 is 1.00. The summed E-state index contributed by atoms with van der Waals surface area (Å²) in [6.45, 7) is 0. The molecule has 2 aromatic heterocycles. The number of hydrogen-bond donors (Lipinski definition) is 1. The maximum atomic E-state index is 6.02. The molecule has 0 amide bonds. The molecule has 88 valence electrons. The van der Waals surface area contributed by atoms with E-state index in [2.05, 4.69) is 25.9 Å². The molecule has 1 aromatic carbocycles. The number of nitrogens with zero attached hydrogens (tertiary/aromatic N) is 2. The fraction of sp³-hybridized carbons (Fsp3) is 0. The average Bonchev–Trinajstić information content (AvgIpc) is 2.39. The molecule has 2 N–H and O–H groups in total. The van der Waals surface area contributed by atoms with Gasteiger partial charge < -0.3 is 5.73 Å². The smallest absolute Gasteiger partial charge is 0.161 e. The Bertz CT molecular complexity index is 725. The number of nitrogens with two attached hydrogens (primary N) is 1. The van der Waals surface area contributed by atoms with Gasteiger partial charge in [-0.1, -0.05) is 34.1 Å². The highest BCUT2D eigenvalue weighted by Gasteiger charge is 2.09. The van der Waals surface area contributed by atoms with Crippen LogP contribution in [0.1, 0.15) is 0 Å². The van der Waals surface area contributed by atoms with Crippen molar-refractivity contribution in [2.75, 3.05) is 5.73 Å². The maximum Gasteiger partial charge on any atom is 0.161 e. The third-order valence-electron chi connectivity index (χ3n) is 2.78. The van der Waals surface area contributed by atoms with Gasteiger partial charge in [0.05, 0.1) is 0 Å². The van der Waals surface area contributed by atoms with Crippen LogP contribution in [0.25, 0.3) is 22.2 Å². The fourth-order valence-corrected chi connectivity index (χ4v) is 2.41. The van der Waals surface area contributed by atoms with Crippen molar-refractivity contribution in [2.24, 2.45) is 0 Å². The molecule has 0 atom stereocenters. The Kier molecular flexibility index (Phi) is 2.72. The van der Waals surface area contributed by atoms with Crippen LogP contribution in [0.3, 0.4) is 0 Å². The zero-order valence-corrected chi connectivity index (χ0v) is 11.1. The minimum atomic E-state index is 0.494. The monoisotopic (exact) mass is 299 g/mol. The highest BCUT2D eigenvalue weighted by atomic mass is 79.9. The van der Waals surface area contributed by atoms with E-state index in [9.17, 15) is 0 Å². The Labute approximate surface area is 113 Å². The van der Waals surface area contributed by atoms with Crippen molar-refractivity contribution >= 4 is 32.8 Å². The molecule has 3 rings (SSSR count). The standard InChI is InChI=1S/C14H10BrN3/c15-12-6-2-1-5-10(12)11-8-9-4-3-7-17-14(9)18-13(11)16/h1-8H,(H2,16,17,18). The van der Waals surface area contributed by atoms with E-state index in [1.807, 2.05) is 42.5 Å². The van der Waals surface area contributed by atoms with Crippen LogP contribution in [0.2, 0.25) is 0 Å². The molecular formula is C14H10BrN3. The van der Waals surface area contributed by atoms with Crippen molar-refractivity contribution in [1.82, 2.24) is 9.97 Å². The molecular weight excluding hydrogens is 290 g/mol. The Morgan fingerprint density at radius 2 is 1.83 bits per heavy atom. The number of fused-ring (bicyclic) bond motifs is 1. The molecule has 0 bridgehead atoms. The summed E-state index contributed by atoms with van der Waals surface area (Å²) in [5.41, 5.74) is 8.64. The molecule has 0 aliphatic rings. The van der Waals surface area contributed by atoms with Crippen LogP contribution in [0.5, 0.6) is 0 Å². The van der Waals surface area contributed by atoms with Gasteiger partial charge in [-0.05, 0) is 29.8 Å². The van der Waals surface area contributed by atoms with Gasteiger partial charge in [0.2, 0.25) is 0 Å². The van der Waals surface area contributed by atoms with Gasteiger partial charge >= 0.3 is 0 Å². The van der Waals surface area contributed by atoms with Gasteiger partial charge in [0, 0.05) is 21.6 Å². The molecule has 0 radical (unpaired) electrons. The van der Waals surface area contributed by atoms with Gasteiger partial charge in [-0.25, -0.2) is 9.97 Å². The molecule has 0 unspecified atom stereocenters. The van der Waals surface area contributed by atoms with Crippen LogP contribution in [-0.4, -0.2) is 9.97 Å². The lowest BCUT2D eigenvalue weighted by atomic mass is 10.1. The van der Waals surface area contributed by atoms with Gasteiger partial charge in [0.15, 0.2) is 5.65 Å². The number of nitrogen functional groups attached to an aromatic ring is 1. The van der Waals surface area contributed by atoms with Crippen molar-refractivity contribution in [1.29, 1.82) is 0 Å². The van der Waals surface area contributed by atoms with Crippen molar-refractivity contribution < 1.29 is 0 Å². The molecule has 0 aliphatic carbocycles. The SMILES string of the molecule is Nc1nc2ncccc2cc1-c1ccccc1Br. The summed E-state index contributed by atoms with van der Waals surface area (Å²) in [7, 11) is 0.